The molecule has 7 nitrogen and oxygen atoms in total. The summed E-state index contributed by atoms with van der Waals surface area (Å²) in [6, 6.07) is 13.2. The van der Waals surface area contributed by atoms with Gasteiger partial charge in [-0.3, -0.25) is 14.0 Å². The van der Waals surface area contributed by atoms with E-state index in [1.165, 1.54) is 38.5 Å². The van der Waals surface area contributed by atoms with Crippen molar-refractivity contribution >= 4 is 17.5 Å². The van der Waals surface area contributed by atoms with Crippen molar-refractivity contribution in [3.63, 3.8) is 0 Å². The van der Waals surface area contributed by atoms with Gasteiger partial charge < -0.3 is 14.8 Å². The van der Waals surface area contributed by atoms with Crippen LogP contribution in [0.1, 0.15) is 73.1 Å². The lowest BCUT2D eigenvalue weighted by Gasteiger charge is -2.22. The Morgan fingerprint density at radius 2 is 2.03 bits per heavy atom. The molecule has 6 rings (SSSR count). The van der Waals surface area contributed by atoms with E-state index in [0.29, 0.717) is 40.9 Å². The smallest absolute Gasteiger partial charge is 0.315 e. The average Bonchev–Trinajstić information content (AvgIpc) is 3.18. The summed E-state index contributed by atoms with van der Waals surface area (Å²) in [5, 5.41) is 3.26. The number of fused-ring (bicyclic) bond motifs is 2. The first-order valence-electron chi connectivity index (χ1n) is 13.5. The molecule has 0 saturated heterocycles. The minimum Gasteiger partial charge on any atom is -0.497 e. The topological polar surface area (TPSA) is 81.9 Å². The highest BCUT2D eigenvalue weighted by Gasteiger charge is 2.71. The van der Waals surface area contributed by atoms with Crippen molar-refractivity contribution in [3.8, 4) is 5.75 Å². The summed E-state index contributed by atoms with van der Waals surface area (Å²) >= 11 is 0. The number of nitrogens with zero attached hydrogens (tertiary/aromatic N) is 2. The van der Waals surface area contributed by atoms with Gasteiger partial charge in [-0.05, 0) is 85.6 Å². The van der Waals surface area contributed by atoms with E-state index in [9.17, 15) is 9.59 Å². The second-order valence-corrected chi connectivity index (χ2v) is 11.2. The van der Waals surface area contributed by atoms with E-state index in [0.717, 1.165) is 23.8 Å². The highest BCUT2D eigenvalue weighted by Crippen LogP contribution is 2.79. The first-order valence-corrected chi connectivity index (χ1v) is 13.5. The minimum atomic E-state index is -0.577. The zero-order chi connectivity index (χ0) is 25.6. The minimum absolute atomic E-state index is 0.0877. The number of amides is 1. The molecule has 2 aromatic heterocycles. The molecule has 7 heteroatoms. The maximum Gasteiger partial charge on any atom is 0.315 e. The Bertz CT molecular complexity index is 1330. The highest BCUT2D eigenvalue weighted by atomic mass is 16.5. The van der Waals surface area contributed by atoms with Crippen molar-refractivity contribution in [2.45, 2.75) is 57.8 Å². The Labute approximate surface area is 217 Å². The van der Waals surface area contributed by atoms with Crippen molar-refractivity contribution in [1.29, 1.82) is 0 Å². The van der Waals surface area contributed by atoms with E-state index in [2.05, 4.69) is 5.32 Å². The van der Waals surface area contributed by atoms with Crippen molar-refractivity contribution in [1.82, 2.24) is 14.7 Å². The van der Waals surface area contributed by atoms with E-state index < -0.39 is 5.92 Å². The van der Waals surface area contributed by atoms with Crippen molar-refractivity contribution in [2.24, 2.45) is 16.7 Å². The van der Waals surface area contributed by atoms with Crippen molar-refractivity contribution < 1.29 is 19.1 Å². The van der Waals surface area contributed by atoms with E-state index in [1.54, 1.807) is 18.4 Å². The van der Waals surface area contributed by atoms with Gasteiger partial charge in [-0.15, -0.1) is 0 Å². The van der Waals surface area contributed by atoms with E-state index in [-0.39, 0.29) is 11.9 Å². The van der Waals surface area contributed by atoms with Gasteiger partial charge in [0.1, 0.15) is 23.0 Å². The van der Waals surface area contributed by atoms with Crippen LogP contribution < -0.4 is 10.1 Å². The zero-order valence-corrected chi connectivity index (χ0v) is 21.7. The number of pyridine rings is 1. The molecule has 0 aliphatic heterocycles. The number of imidazole rings is 1. The molecular weight excluding hydrogens is 466 g/mol. The fourth-order valence-electron chi connectivity index (χ4n) is 7.34. The second kappa shape index (κ2) is 9.19. The number of ether oxygens (including phenoxy) is 2. The predicted molar refractivity (Wildman–Crippen MR) is 140 cm³/mol. The van der Waals surface area contributed by atoms with Crippen LogP contribution in [0.4, 0.5) is 0 Å². The largest absolute Gasteiger partial charge is 0.497 e. The maximum absolute atomic E-state index is 13.4. The third-order valence-electron chi connectivity index (χ3n) is 9.16. The van der Waals surface area contributed by atoms with Gasteiger partial charge in [0.15, 0.2) is 0 Å². The van der Waals surface area contributed by atoms with Crippen LogP contribution >= 0.6 is 0 Å². The molecule has 1 aromatic carbocycles. The molecule has 194 valence electrons. The molecular formula is C30H35N3O4. The Morgan fingerprint density at radius 1 is 1.19 bits per heavy atom. The number of benzene rings is 1. The van der Waals surface area contributed by atoms with Crippen LogP contribution in [0.5, 0.6) is 5.75 Å². The Morgan fingerprint density at radius 3 is 2.78 bits per heavy atom. The van der Waals surface area contributed by atoms with Gasteiger partial charge in [0, 0.05) is 12.7 Å². The van der Waals surface area contributed by atoms with Crippen LogP contribution in [-0.2, 0) is 16.0 Å². The molecule has 4 atom stereocenters. The number of methoxy groups -OCH3 is 1. The number of aromatic nitrogens is 2. The van der Waals surface area contributed by atoms with E-state index in [4.69, 9.17) is 14.5 Å². The molecule has 1 amide bonds. The molecule has 3 aliphatic rings. The Kier molecular flexibility index (Phi) is 5.97. The average molecular weight is 502 g/mol. The number of hydrogen-bond donors (Lipinski definition) is 1. The van der Waals surface area contributed by atoms with Crippen molar-refractivity contribution in [3.05, 3.63) is 65.6 Å². The maximum atomic E-state index is 13.4. The molecule has 3 aromatic rings. The second-order valence-electron chi connectivity index (χ2n) is 11.2. The Hall–Kier alpha value is -3.35. The fraction of sp³-hybridized carbons (Fsp3) is 0.500. The highest BCUT2D eigenvalue weighted by molar-refractivity contribution is 5.93. The molecule has 3 saturated carbocycles. The molecule has 3 aliphatic carbocycles. The molecule has 1 N–H and O–H groups in total. The van der Waals surface area contributed by atoms with Crippen LogP contribution in [0.15, 0.2) is 48.7 Å². The molecule has 4 unspecified atom stereocenters. The van der Waals surface area contributed by atoms with Gasteiger partial charge in [-0.2, -0.15) is 0 Å². The van der Waals surface area contributed by atoms with Gasteiger partial charge in [-0.1, -0.05) is 31.0 Å². The summed E-state index contributed by atoms with van der Waals surface area (Å²) in [6.07, 6.45) is 10.2. The lowest BCUT2D eigenvalue weighted by molar-refractivity contribution is -0.145. The fourth-order valence-corrected chi connectivity index (χ4v) is 7.34. The lowest BCUT2D eigenvalue weighted by atomic mass is 9.83. The SMILES string of the molecule is CCOC(=O)C(Cc1ccc(OC)cc1)c1cn2c(C(=O)NCC34CC5CCCC3(C5)C4)cccc2n1. The predicted octanol–water partition coefficient (Wildman–Crippen LogP) is 4.93. The monoisotopic (exact) mass is 501 g/mol. The summed E-state index contributed by atoms with van der Waals surface area (Å²) < 4.78 is 12.5. The summed E-state index contributed by atoms with van der Waals surface area (Å²) in [4.78, 5) is 31.1. The molecule has 37 heavy (non-hydrogen) atoms. The third kappa shape index (κ3) is 4.18. The van der Waals surface area contributed by atoms with Crippen LogP contribution in [0.3, 0.4) is 0 Å². The quantitative estimate of drug-likeness (QED) is 0.421. The van der Waals surface area contributed by atoms with E-state index >= 15 is 0 Å². The summed E-state index contributed by atoms with van der Waals surface area (Å²) in [6.45, 7) is 2.85. The molecule has 1 spiro atoms. The first kappa shape index (κ1) is 24.0. The number of carbonyl (C=O) groups excluding carboxylic acids is 2. The lowest BCUT2D eigenvalue weighted by Crippen LogP contribution is -2.32. The number of rotatable bonds is 9. The van der Waals surface area contributed by atoms with Crippen LogP contribution in [0.2, 0.25) is 0 Å². The number of carbonyl (C=O) groups is 2. The molecule has 2 bridgehead atoms. The normalized spacial score (nSPS) is 26.4. The molecule has 0 radical (unpaired) electrons. The van der Waals surface area contributed by atoms with Gasteiger partial charge in [0.25, 0.3) is 5.91 Å². The summed E-state index contributed by atoms with van der Waals surface area (Å²) in [5.41, 5.74) is 3.56. The number of hydrogen-bond acceptors (Lipinski definition) is 5. The third-order valence-corrected chi connectivity index (χ3v) is 9.16. The van der Waals surface area contributed by atoms with Gasteiger partial charge in [0.05, 0.1) is 19.4 Å². The van der Waals surface area contributed by atoms with Gasteiger partial charge in [-0.25, -0.2) is 4.98 Å². The Balaban J connectivity index is 1.23. The van der Waals surface area contributed by atoms with Gasteiger partial charge in [0.2, 0.25) is 0 Å². The molecule has 3 fully saturated rings. The summed E-state index contributed by atoms with van der Waals surface area (Å²) in [5.74, 6) is 0.628. The summed E-state index contributed by atoms with van der Waals surface area (Å²) in [7, 11) is 1.63. The van der Waals surface area contributed by atoms with Crippen LogP contribution in [0, 0.1) is 16.7 Å². The zero-order valence-electron chi connectivity index (χ0n) is 21.7. The van der Waals surface area contributed by atoms with E-state index in [1.807, 2.05) is 48.7 Å². The first-order chi connectivity index (χ1) is 18.0. The molecule has 2 heterocycles. The van der Waals surface area contributed by atoms with Gasteiger partial charge >= 0.3 is 5.97 Å². The standard InChI is InChI=1S/C30H35N3O4/c1-3-37-28(35)23(14-20-9-11-22(36-2)12-10-20)24-17-33-25(7-4-8-26(33)32-24)27(34)31-19-30-16-21-6-5-13-29(30,15-21)18-30/h4,7-12,17,21,23H,3,5-6,13-16,18-19H2,1-2H3,(H,31,34). The van der Waals surface area contributed by atoms with Crippen molar-refractivity contribution in [2.75, 3.05) is 20.3 Å². The van der Waals surface area contributed by atoms with Crippen LogP contribution in [-0.4, -0.2) is 41.5 Å². The van der Waals surface area contributed by atoms with Crippen LogP contribution in [0.25, 0.3) is 5.65 Å². The number of esters is 1. The number of nitrogens with one attached hydrogen (secondary N) is 1.